The van der Waals surface area contributed by atoms with Gasteiger partial charge in [-0.1, -0.05) is 0 Å². The molecule has 0 fully saturated rings. The lowest BCUT2D eigenvalue weighted by Crippen LogP contribution is -2.20. The molecule has 0 heterocycles. The fourth-order valence-corrected chi connectivity index (χ4v) is 10.5. The fourth-order valence-electron chi connectivity index (χ4n) is 8.17. The molecule has 0 spiro atoms. The smallest absolute Gasteiger partial charge is 0.298 e. The topological polar surface area (TPSA) is 529 Å². The molecule has 1 aliphatic rings. The first-order chi connectivity index (χ1) is 38.3. The second-order valence-electron chi connectivity index (χ2n) is 17.0. The Morgan fingerprint density at radius 3 is 1.07 bits per heavy atom. The minimum Gasteiger partial charge on any atom is -0.505 e. The number of hydrogen-bond acceptors (Lipinski definition) is 26. The largest absolute Gasteiger partial charge is 0.505 e. The van der Waals surface area contributed by atoms with Crippen molar-refractivity contribution in [1.29, 1.82) is 0 Å². The molecule has 9 rings (SSSR count). The van der Waals surface area contributed by atoms with Crippen molar-refractivity contribution >= 4 is 142 Å². The molecule has 0 bridgehead atoms. The van der Waals surface area contributed by atoms with Crippen LogP contribution in [0.2, 0.25) is 0 Å². The third-order valence-electron chi connectivity index (χ3n) is 11.9. The number of nitrogen functional groups attached to an aromatic ring is 2. The molecule has 10 N–H and O–H groups in total. The summed E-state index contributed by atoms with van der Waals surface area (Å²) in [5.41, 5.74) is 5.19. The van der Waals surface area contributed by atoms with E-state index in [0.717, 1.165) is 84.9 Å². The summed E-state index contributed by atoms with van der Waals surface area (Å²) >= 11 is 0. The number of carbonyl (C=O) groups is 2. The van der Waals surface area contributed by atoms with Gasteiger partial charge in [-0.05, 0) is 97.1 Å². The van der Waals surface area contributed by atoms with Crippen LogP contribution in [0, 0.1) is 20.2 Å². The quantitative estimate of drug-likeness (QED) is 0.0165. The van der Waals surface area contributed by atoms with Crippen LogP contribution in [0.15, 0.2) is 170 Å². The van der Waals surface area contributed by atoms with Crippen molar-refractivity contribution in [1.82, 2.24) is 0 Å². The molecule has 0 saturated carbocycles. The van der Waals surface area contributed by atoms with Crippen LogP contribution in [-0.4, -0.2) is 83.5 Å². The van der Waals surface area contributed by atoms with E-state index in [9.17, 15) is 91.9 Å². The van der Waals surface area contributed by atoms with E-state index in [0.29, 0.717) is 12.1 Å². The lowest BCUT2D eigenvalue weighted by atomic mass is 9.83. The maximum atomic E-state index is 13.9. The highest BCUT2D eigenvalue weighted by molar-refractivity contribution is 7.86. The molecule has 0 amide bonds. The highest BCUT2D eigenvalue weighted by Crippen LogP contribution is 2.49. The number of anilines is 2. The average Bonchev–Trinajstić information content (AvgIpc) is 3.61. The average molecular weight is 1200 g/mol. The van der Waals surface area contributed by atoms with E-state index in [1.54, 1.807) is 0 Å². The van der Waals surface area contributed by atoms with Gasteiger partial charge in [-0.2, -0.15) is 43.9 Å². The summed E-state index contributed by atoms with van der Waals surface area (Å²) in [6.45, 7) is 0. The van der Waals surface area contributed by atoms with Gasteiger partial charge in [-0.3, -0.25) is 48.0 Å². The van der Waals surface area contributed by atoms with Gasteiger partial charge in [0.15, 0.2) is 34.4 Å². The number of carbonyl (C=O) groups excluding carboxylic acids is 2. The minimum absolute atomic E-state index is 0.208. The van der Waals surface area contributed by atoms with E-state index < -0.39 is 127 Å². The second-order valence-corrected chi connectivity index (χ2v) is 22.6. The first-order valence-corrected chi connectivity index (χ1v) is 27.8. The van der Waals surface area contributed by atoms with E-state index in [2.05, 4.69) is 40.9 Å². The summed E-state index contributed by atoms with van der Waals surface area (Å²) in [6.07, 6.45) is 0. The Morgan fingerprint density at radius 1 is 0.402 bits per heavy atom. The Kier molecular flexibility index (Phi) is 14.0. The number of aromatic hydroxyl groups is 2. The van der Waals surface area contributed by atoms with E-state index in [-0.39, 0.29) is 77.9 Å². The molecule has 32 nitrogen and oxygen atoms in total. The summed E-state index contributed by atoms with van der Waals surface area (Å²) < 4.78 is 137. The Balaban J connectivity index is 1.02. The van der Waals surface area contributed by atoms with E-state index in [1.807, 2.05) is 0 Å². The van der Waals surface area contributed by atoms with Gasteiger partial charge in [-0.15, -0.1) is 30.7 Å². The number of rotatable bonds is 14. The molecule has 0 unspecified atom stereocenters. The van der Waals surface area contributed by atoms with Gasteiger partial charge in [0.1, 0.15) is 31.0 Å². The predicted octanol–water partition coefficient (Wildman–Crippen LogP) is 9.81. The van der Waals surface area contributed by atoms with Gasteiger partial charge in [-0.25, -0.2) is 0 Å². The fraction of sp³-hybridized carbons (Fsp3) is 0. The van der Waals surface area contributed by atoms with Crippen LogP contribution in [0.25, 0.3) is 21.5 Å². The maximum Gasteiger partial charge on any atom is 0.298 e. The number of azo groups is 4. The highest BCUT2D eigenvalue weighted by atomic mass is 32.2. The van der Waals surface area contributed by atoms with Gasteiger partial charge >= 0.3 is 0 Å². The molecular weight excluding hydrogens is 1170 g/mol. The third kappa shape index (κ3) is 10.6. The zero-order valence-electron chi connectivity index (χ0n) is 40.1. The number of benzene rings is 8. The van der Waals surface area contributed by atoms with Gasteiger partial charge in [0.25, 0.3) is 51.8 Å². The SMILES string of the molecule is Nc1ccc(N=Nc2ccc(S(=O)(=O)O)cc2[N+](=O)[O-])c2cc(S(=O)(=O)O)c(N=Nc3ccc4c(c3)C(=O)c3ccc(N=Nc5c(S(=O)(=O)O)cc6c(N=Nc7ccc(S(=O)(=O)O)cc7[N+](=O)[O-])ccc(N)c6c5O)cc3C4=O)c(O)c12. The van der Waals surface area contributed by atoms with Gasteiger partial charge in [0.2, 0.25) is 0 Å². The first-order valence-electron chi connectivity index (χ1n) is 22.0. The van der Waals surface area contributed by atoms with Crippen molar-refractivity contribution in [3.63, 3.8) is 0 Å². The summed E-state index contributed by atoms with van der Waals surface area (Å²) in [7, 11) is -20.4. The van der Waals surface area contributed by atoms with Crippen LogP contribution >= 0.6 is 0 Å². The molecule has 416 valence electrons. The minimum atomic E-state index is -5.32. The summed E-state index contributed by atoms with van der Waals surface area (Å²) in [5.74, 6) is -3.55. The number of hydrogen-bond donors (Lipinski definition) is 8. The summed E-state index contributed by atoms with van der Waals surface area (Å²) in [5, 5.41) is 75.8. The van der Waals surface area contributed by atoms with Gasteiger partial charge in [0, 0.05) is 56.5 Å². The van der Waals surface area contributed by atoms with E-state index in [4.69, 9.17) is 11.5 Å². The van der Waals surface area contributed by atoms with Crippen LogP contribution in [0.3, 0.4) is 0 Å². The molecular formula is C46H28N12O20S4. The number of fused-ring (bicyclic) bond motifs is 4. The van der Waals surface area contributed by atoms with Crippen LogP contribution in [0.4, 0.5) is 68.2 Å². The van der Waals surface area contributed by atoms with E-state index >= 15 is 0 Å². The summed E-state index contributed by atoms with van der Waals surface area (Å²) in [4.78, 5) is 45.4. The third-order valence-corrected chi connectivity index (χ3v) is 15.4. The van der Waals surface area contributed by atoms with Crippen LogP contribution in [-0.2, 0) is 40.5 Å². The Morgan fingerprint density at radius 2 is 0.744 bits per heavy atom. The molecule has 1 aliphatic carbocycles. The molecule has 0 radical (unpaired) electrons. The van der Waals surface area contributed by atoms with Gasteiger partial charge < -0.3 is 21.7 Å². The van der Waals surface area contributed by atoms with Crippen molar-refractivity contribution in [2.24, 2.45) is 40.9 Å². The predicted molar refractivity (Wildman–Crippen MR) is 282 cm³/mol. The number of phenolic OH excluding ortho intramolecular Hbond substituents is 2. The number of ketones is 2. The first kappa shape index (κ1) is 56.4. The molecule has 0 atom stereocenters. The summed E-state index contributed by atoms with van der Waals surface area (Å²) in [6, 6.07) is 17.2. The second kappa shape index (κ2) is 20.4. The number of nitrogens with zero attached hydrogens (tertiary/aromatic N) is 10. The molecule has 8 aromatic carbocycles. The zero-order valence-corrected chi connectivity index (χ0v) is 43.3. The van der Waals surface area contributed by atoms with Crippen LogP contribution < -0.4 is 11.5 Å². The molecule has 82 heavy (non-hydrogen) atoms. The molecule has 0 saturated heterocycles. The molecule has 36 heteroatoms. The van der Waals surface area contributed by atoms with E-state index in [1.165, 1.54) is 12.1 Å². The number of nitrogens with two attached hydrogens (primary N) is 2. The lowest BCUT2D eigenvalue weighted by molar-refractivity contribution is -0.384. The Bertz CT molecular complexity index is 4560. The monoisotopic (exact) mass is 1200 g/mol. The van der Waals surface area contributed by atoms with Gasteiger partial charge in [0.05, 0.1) is 43.4 Å². The lowest BCUT2D eigenvalue weighted by Gasteiger charge is -2.17. The number of nitro benzene ring substituents is 2. The zero-order chi connectivity index (χ0) is 59.7. The van der Waals surface area contributed by atoms with Crippen molar-refractivity contribution in [2.45, 2.75) is 19.6 Å². The number of phenols is 2. The van der Waals surface area contributed by atoms with Crippen molar-refractivity contribution in [2.75, 3.05) is 11.5 Å². The normalized spacial score (nSPS) is 13.3. The van der Waals surface area contributed by atoms with Crippen molar-refractivity contribution in [3.05, 3.63) is 152 Å². The van der Waals surface area contributed by atoms with Crippen LogP contribution in [0.5, 0.6) is 11.5 Å². The maximum absolute atomic E-state index is 13.9. The molecule has 8 aromatic rings. The van der Waals surface area contributed by atoms with Crippen molar-refractivity contribution < 1.29 is 81.5 Å². The Hall–Kier alpha value is -10.3. The highest BCUT2D eigenvalue weighted by Gasteiger charge is 2.32. The standard InChI is InChI=1S/C46H28N12O20S4/c47-29-7-11-31(51-53-33-9-3-21(79(67,68)69)15-35(33)57(63)64)27-17-37(81(73,74)75)41(45(61)39(27)29)55-49-19-1-5-23-25(13-19)44(60)24-6-2-20(14-26(24)43(23)59)50-56-42-38(82(76,77)78)18-28-32(12-8-30(48)40(28)46(42)62)52-54-34-10-4-22(80(70,71)72)16-36(34)58(65)66/h1-18,61-62H,47-48H2,(H,67,68,69)(H,70,71,72)(H,73,74,75)(H,76,77,78). The van der Waals surface area contributed by atoms with Crippen molar-refractivity contribution in [3.8, 4) is 11.5 Å². The molecule has 0 aromatic heterocycles. The molecule has 0 aliphatic heterocycles. The Labute approximate surface area is 456 Å². The van der Waals surface area contributed by atoms with Crippen LogP contribution in [0.1, 0.15) is 31.8 Å². The number of nitro groups is 2.